The Morgan fingerprint density at radius 3 is 2.35 bits per heavy atom. The summed E-state index contributed by atoms with van der Waals surface area (Å²) < 4.78 is 1.11. The van der Waals surface area contributed by atoms with Gasteiger partial charge >= 0.3 is 0 Å². The van der Waals surface area contributed by atoms with Crippen molar-refractivity contribution in [3.63, 3.8) is 0 Å². The van der Waals surface area contributed by atoms with Gasteiger partial charge in [0.25, 0.3) is 0 Å². The Balaban J connectivity index is 2.14. The summed E-state index contributed by atoms with van der Waals surface area (Å²) in [5.41, 5.74) is 9.80. The van der Waals surface area contributed by atoms with Crippen molar-refractivity contribution in [1.29, 1.82) is 0 Å². The monoisotopic (exact) mass is 332 g/mol. The average molecular weight is 333 g/mol. The molecule has 0 aliphatic carbocycles. The fourth-order valence-corrected chi connectivity index (χ4v) is 2.73. The fraction of sp³-hybridized carbons (Fsp3) is 0.294. The molecule has 0 spiro atoms. The average Bonchev–Trinajstić information content (AvgIpc) is 2.45. The van der Waals surface area contributed by atoms with E-state index in [4.69, 9.17) is 5.73 Å². The van der Waals surface area contributed by atoms with Gasteiger partial charge in [0, 0.05) is 30.2 Å². The SMILES string of the molecule is CN(C)c1ccc(CC(CN)c2cccc(Br)c2)cc1. The highest BCUT2D eigenvalue weighted by Crippen LogP contribution is 2.24. The molecule has 0 aliphatic heterocycles. The van der Waals surface area contributed by atoms with Crippen LogP contribution >= 0.6 is 15.9 Å². The van der Waals surface area contributed by atoms with Crippen molar-refractivity contribution in [1.82, 2.24) is 0 Å². The number of halogens is 1. The van der Waals surface area contributed by atoms with E-state index in [2.05, 4.69) is 77.4 Å². The summed E-state index contributed by atoms with van der Waals surface area (Å²) in [6.07, 6.45) is 0.973. The van der Waals surface area contributed by atoms with Gasteiger partial charge in [-0.2, -0.15) is 0 Å². The molecule has 0 bridgehead atoms. The van der Waals surface area contributed by atoms with Crippen molar-refractivity contribution in [2.24, 2.45) is 5.73 Å². The molecule has 0 amide bonds. The Bertz CT molecular complexity index is 549. The third-order valence-electron chi connectivity index (χ3n) is 3.54. The second-order valence-electron chi connectivity index (χ2n) is 5.25. The molecule has 2 rings (SSSR count). The van der Waals surface area contributed by atoms with Crippen LogP contribution in [0.5, 0.6) is 0 Å². The zero-order valence-corrected chi connectivity index (χ0v) is 13.6. The van der Waals surface area contributed by atoms with Gasteiger partial charge in [0.2, 0.25) is 0 Å². The highest BCUT2D eigenvalue weighted by atomic mass is 79.9. The Morgan fingerprint density at radius 2 is 1.80 bits per heavy atom. The normalized spacial score (nSPS) is 12.2. The summed E-state index contributed by atoms with van der Waals surface area (Å²) in [7, 11) is 4.11. The lowest BCUT2D eigenvalue weighted by molar-refractivity contribution is 0.694. The Labute approximate surface area is 129 Å². The minimum atomic E-state index is 0.359. The maximum atomic E-state index is 5.96. The molecule has 1 atom stereocenters. The van der Waals surface area contributed by atoms with E-state index in [1.807, 2.05) is 6.07 Å². The number of nitrogens with zero attached hydrogens (tertiary/aromatic N) is 1. The van der Waals surface area contributed by atoms with E-state index in [-0.39, 0.29) is 0 Å². The predicted molar refractivity (Wildman–Crippen MR) is 90.4 cm³/mol. The van der Waals surface area contributed by atoms with Crippen molar-refractivity contribution in [3.05, 3.63) is 64.1 Å². The quantitative estimate of drug-likeness (QED) is 0.902. The molecule has 0 radical (unpaired) electrons. The van der Waals surface area contributed by atoms with Gasteiger partial charge in [0.05, 0.1) is 0 Å². The van der Waals surface area contributed by atoms with Crippen LogP contribution < -0.4 is 10.6 Å². The molecule has 106 valence electrons. The van der Waals surface area contributed by atoms with Gasteiger partial charge in [-0.25, -0.2) is 0 Å². The second-order valence-corrected chi connectivity index (χ2v) is 6.17. The Hall–Kier alpha value is -1.32. The summed E-state index contributed by atoms with van der Waals surface area (Å²) in [6.45, 7) is 0.659. The van der Waals surface area contributed by atoms with Crippen molar-refractivity contribution in [2.45, 2.75) is 12.3 Å². The summed E-state index contributed by atoms with van der Waals surface area (Å²) in [6, 6.07) is 17.1. The minimum Gasteiger partial charge on any atom is -0.378 e. The first kappa shape index (κ1) is 15.1. The molecule has 0 heterocycles. The summed E-state index contributed by atoms with van der Waals surface area (Å²) >= 11 is 3.52. The lowest BCUT2D eigenvalue weighted by Gasteiger charge is -2.17. The first-order valence-corrected chi connectivity index (χ1v) is 7.61. The number of hydrogen-bond donors (Lipinski definition) is 1. The predicted octanol–water partition coefficient (Wildman–Crippen LogP) is 3.80. The lowest BCUT2D eigenvalue weighted by Crippen LogP contribution is -2.15. The van der Waals surface area contributed by atoms with E-state index in [1.54, 1.807) is 0 Å². The van der Waals surface area contributed by atoms with Crippen LogP contribution in [0.4, 0.5) is 5.69 Å². The van der Waals surface area contributed by atoms with E-state index < -0.39 is 0 Å². The molecular formula is C17H21BrN2. The first-order valence-electron chi connectivity index (χ1n) is 6.82. The minimum absolute atomic E-state index is 0.359. The van der Waals surface area contributed by atoms with Gasteiger partial charge in [0.1, 0.15) is 0 Å². The number of anilines is 1. The van der Waals surface area contributed by atoms with Crippen molar-refractivity contribution >= 4 is 21.6 Å². The molecule has 0 fully saturated rings. The largest absolute Gasteiger partial charge is 0.378 e. The highest BCUT2D eigenvalue weighted by molar-refractivity contribution is 9.10. The molecule has 0 aromatic heterocycles. The number of rotatable bonds is 5. The number of hydrogen-bond acceptors (Lipinski definition) is 2. The summed E-state index contributed by atoms with van der Waals surface area (Å²) in [5, 5.41) is 0. The maximum absolute atomic E-state index is 5.96. The maximum Gasteiger partial charge on any atom is 0.0361 e. The topological polar surface area (TPSA) is 29.3 Å². The first-order chi connectivity index (χ1) is 9.60. The Kier molecular flexibility index (Phi) is 5.21. The third-order valence-corrected chi connectivity index (χ3v) is 4.03. The van der Waals surface area contributed by atoms with Gasteiger partial charge in [-0.15, -0.1) is 0 Å². The van der Waals surface area contributed by atoms with Gasteiger partial charge in [-0.05, 0) is 48.4 Å². The van der Waals surface area contributed by atoms with Crippen LogP contribution in [0, 0.1) is 0 Å². The van der Waals surface area contributed by atoms with Crippen LogP contribution in [0.15, 0.2) is 53.0 Å². The van der Waals surface area contributed by atoms with Crippen LogP contribution in [0.2, 0.25) is 0 Å². The molecule has 2 aromatic carbocycles. The number of nitrogens with two attached hydrogens (primary N) is 1. The molecule has 3 heteroatoms. The van der Waals surface area contributed by atoms with Crippen LogP contribution in [0.3, 0.4) is 0 Å². The standard InChI is InChI=1S/C17H21BrN2/c1-20(2)17-8-6-13(7-9-17)10-15(12-19)14-4-3-5-16(18)11-14/h3-9,11,15H,10,12,19H2,1-2H3. The van der Waals surface area contributed by atoms with E-state index in [0.717, 1.165) is 10.9 Å². The molecular weight excluding hydrogens is 312 g/mol. The van der Waals surface area contributed by atoms with Gasteiger partial charge in [0.15, 0.2) is 0 Å². The zero-order valence-electron chi connectivity index (χ0n) is 12.0. The fourth-order valence-electron chi connectivity index (χ4n) is 2.31. The summed E-state index contributed by atoms with van der Waals surface area (Å²) in [5.74, 6) is 0.359. The number of benzene rings is 2. The van der Waals surface area contributed by atoms with E-state index in [1.165, 1.54) is 16.8 Å². The molecule has 0 saturated carbocycles. The molecule has 1 unspecified atom stereocenters. The molecule has 0 aliphatic rings. The van der Waals surface area contributed by atoms with Crippen molar-refractivity contribution in [3.8, 4) is 0 Å². The van der Waals surface area contributed by atoms with Gasteiger partial charge in [-0.3, -0.25) is 0 Å². The smallest absolute Gasteiger partial charge is 0.0361 e. The van der Waals surface area contributed by atoms with Crippen molar-refractivity contribution < 1.29 is 0 Å². The van der Waals surface area contributed by atoms with Crippen LogP contribution in [-0.2, 0) is 6.42 Å². The van der Waals surface area contributed by atoms with Gasteiger partial charge < -0.3 is 10.6 Å². The Morgan fingerprint density at radius 1 is 1.10 bits per heavy atom. The molecule has 2 aromatic rings. The van der Waals surface area contributed by atoms with Gasteiger partial charge in [-0.1, -0.05) is 40.2 Å². The third kappa shape index (κ3) is 3.84. The van der Waals surface area contributed by atoms with E-state index >= 15 is 0 Å². The molecule has 20 heavy (non-hydrogen) atoms. The lowest BCUT2D eigenvalue weighted by atomic mass is 9.92. The molecule has 2 N–H and O–H groups in total. The molecule has 0 saturated heterocycles. The zero-order chi connectivity index (χ0) is 14.5. The summed E-state index contributed by atoms with van der Waals surface area (Å²) in [4.78, 5) is 2.11. The highest BCUT2D eigenvalue weighted by Gasteiger charge is 2.11. The van der Waals surface area contributed by atoms with Crippen LogP contribution in [0.25, 0.3) is 0 Å². The molecule has 2 nitrogen and oxygen atoms in total. The van der Waals surface area contributed by atoms with E-state index in [0.29, 0.717) is 12.5 Å². The van der Waals surface area contributed by atoms with Crippen LogP contribution in [0.1, 0.15) is 17.0 Å². The second kappa shape index (κ2) is 6.91. The van der Waals surface area contributed by atoms with Crippen molar-refractivity contribution in [2.75, 3.05) is 25.5 Å². The van der Waals surface area contributed by atoms with Crippen LogP contribution in [-0.4, -0.2) is 20.6 Å². The van der Waals surface area contributed by atoms with E-state index in [9.17, 15) is 0 Å².